The molecule has 1 aliphatic heterocycles. The third-order valence-electron chi connectivity index (χ3n) is 3.63. The first-order chi connectivity index (χ1) is 9.07. The highest BCUT2D eigenvalue weighted by atomic mass is 19.1. The smallest absolute Gasteiger partial charge is 0.248 e. The lowest BCUT2D eigenvalue weighted by Gasteiger charge is -2.23. The maximum atomic E-state index is 15.0. The number of likely N-dealkylation sites (tertiary alicyclic amines) is 1. The molecule has 4 heteroatoms. The molecule has 0 aromatic heterocycles. The molecule has 1 aliphatic rings. The van der Waals surface area contributed by atoms with E-state index in [1.165, 1.54) is 0 Å². The minimum Gasteiger partial charge on any atom is -0.372 e. The molecule has 104 valence electrons. The molecule has 1 aromatic rings. The molecule has 0 unspecified atom stereocenters. The second-order valence-corrected chi connectivity index (χ2v) is 4.98. The second kappa shape index (κ2) is 5.70. The highest BCUT2D eigenvalue weighted by Crippen LogP contribution is 2.37. The Morgan fingerprint density at radius 1 is 1.47 bits per heavy atom. The number of hydrogen-bond acceptors (Lipinski definition) is 2. The average Bonchev–Trinajstić information content (AvgIpc) is 2.80. The molecule has 3 nitrogen and oxygen atoms in total. The number of benzene rings is 1. The van der Waals surface area contributed by atoms with E-state index >= 15 is 4.39 Å². The van der Waals surface area contributed by atoms with E-state index in [1.54, 1.807) is 4.90 Å². The van der Waals surface area contributed by atoms with Crippen LogP contribution in [0.5, 0.6) is 0 Å². The fraction of sp³-hybridized carbons (Fsp3) is 0.533. The van der Waals surface area contributed by atoms with Crippen molar-refractivity contribution in [2.24, 2.45) is 0 Å². The van der Waals surface area contributed by atoms with Crippen LogP contribution >= 0.6 is 0 Å². The number of carbonyl (C=O) groups excluding carboxylic acids is 1. The number of alkyl halides is 1. The van der Waals surface area contributed by atoms with Crippen molar-refractivity contribution in [1.29, 1.82) is 0 Å². The quantitative estimate of drug-likeness (QED) is 0.836. The molecular formula is C15H20FNO2. The first kappa shape index (κ1) is 14.0. The summed E-state index contributed by atoms with van der Waals surface area (Å²) in [5.41, 5.74) is 0.207. The van der Waals surface area contributed by atoms with Gasteiger partial charge >= 0.3 is 0 Å². The summed E-state index contributed by atoms with van der Waals surface area (Å²) in [5.74, 6) is -0.130. The number of nitrogens with zero attached hydrogens (tertiary/aromatic N) is 1. The fourth-order valence-corrected chi connectivity index (χ4v) is 2.56. The van der Waals surface area contributed by atoms with Gasteiger partial charge < -0.3 is 9.64 Å². The van der Waals surface area contributed by atoms with Gasteiger partial charge in [0.1, 0.15) is 6.61 Å². The van der Waals surface area contributed by atoms with E-state index in [1.807, 2.05) is 38.1 Å². The molecule has 1 heterocycles. The summed E-state index contributed by atoms with van der Waals surface area (Å²) in [5, 5.41) is 0. The minimum atomic E-state index is -1.42. The summed E-state index contributed by atoms with van der Waals surface area (Å²) in [7, 11) is 0. The Morgan fingerprint density at radius 3 is 2.89 bits per heavy atom. The molecule has 1 fully saturated rings. The Labute approximate surface area is 113 Å². The molecule has 1 atom stereocenters. The molecule has 0 spiro atoms. The summed E-state index contributed by atoms with van der Waals surface area (Å²) in [6, 6.07) is 7.46. The van der Waals surface area contributed by atoms with E-state index in [2.05, 4.69) is 0 Å². The first-order valence-electron chi connectivity index (χ1n) is 6.67. The van der Waals surface area contributed by atoms with Gasteiger partial charge in [0.15, 0.2) is 5.67 Å². The largest absolute Gasteiger partial charge is 0.372 e. The third kappa shape index (κ3) is 2.95. The predicted molar refractivity (Wildman–Crippen MR) is 71.7 cm³/mol. The highest BCUT2D eigenvalue weighted by molar-refractivity contribution is 5.78. The van der Waals surface area contributed by atoms with Crippen molar-refractivity contribution in [3.8, 4) is 0 Å². The second-order valence-electron chi connectivity index (χ2n) is 4.98. The number of halogens is 1. The van der Waals surface area contributed by atoms with E-state index in [4.69, 9.17) is 4.74 Å². The van der Waals surface area contributed by atoms with Gasteiger partial charge in [-0.1, -0.05) is 24.3 Å². The molecule has 0 bridgehead atoms. The molecule has 1 saturated heterocycles. The van der Waals surface area contributed by atoms with Crippen LogP contribution in [0.15, 0.2) is 24.3 Å². The number of hydrogen-bond donors (Lipinski definition) is 0. The maximum absolute atomic E-state index is 15.0. The number of ether oxygens (including phenoxy) is 1. The van der Waals surface area contributed by atoms with Gasteiger partial charge in [0.2, 0.25) is 5.91 Å². The van der Waals surface area contributed by atoms with Crippen LogP contribution in [0.4, 0.5) is 4.39 Å². The first-order valence-corrected chi connectivity index (χ1v) is 6.67. The van der Waals surface area contributed by atoms with E-state index in [0.717, 1.165) is 5.56 Å². The van der Waals surface area contributed by atoms with Crippen LogP contribution in [0.2, 0.25) is 0 Å². The van der Waals surface area contributed by atoms with Crippen molar-refractivity contribution in [1.82, 2.24) is 4.90 Å². The summed E-state index contributed by atoms with van der Waals surface area (Å²) in [6.45, 7) is 4.87. The maximum Gasteiger partial charge on any atom is 0.248 e. The Bertz CT molecular complexity index is 463. The average molecular weight is 265 g/mol. The molecule has 0 aliphatic carbocycles. The van der Waals surface area contributed by atoms with Crippen molar-refractivity contribution >= 4 is 5.91 Å². The molecule has 0 N–H and O–H groups in total. The highest BCUT2D eigenvalue weighted by Gasteiger charge is 2.42. The number of aryl methyl sites for hydroxylation is 1. The van der Waals surface area contributed by atoms with Gasteiger partial charge in [0.25, 0.3) is 0 Å². The molecule has 0 radical (unpaired) electrons. The molecule has 1 aromatic carbocycles. The van der Waals surface area contributed by atoms with Gasteiger partial charge in [-0.2, -0.15) is 0 Å². The zero-order chi connectivity index (χ0) is 13.9. The van der Waals surface area contributed by atoms with E-state index < -0.39 is 5.67 Å². The number of carbonyl (C=O) groups is 1. The van der Waals surface area contributed by atoms with Crippen molar-refractivity contribution in [3.63, 3.8) is 0 Å². The van der Waals surface area contributed by atoms with Crippen molar-refractivity contribution < 1.29 is 13.9 Å². The number of amides is 1. The van der Waals surface area contributed by atoms with Crippen LogP contribution in [0.1, 0.15) is 24.5 Å². The Balaban J connectivity index is 2.08. The van der Waals surface area contributed by atoms with E-state index in [9.17, 15) is 4.79 Å². The van der Waals surface area contributed by atoms with Gasteiger partial charge in [-0.15, -0.1) is 0 Å². The van der Waals surface area contributed by atoms with Crippen LogP contribution in [-0.4, -0.2) is 37.1 Å². The third-order valence-corrected chi connectivity index (χ3v) is 3.63. The lowest BCUT2D eigenvalue weighted by Crippen LogP contribution is -2.35. The molecule has 0 saturated carbocycles. The summed E-state index contributed by atoms with van der Waals surface area (Å²) >= 11 is 0. The Hall–Kier alpha value is -1.42. The predicted octanol–water partition coefficient (Wildman–Crippen LogP) is 2.43. The Kier molecular flexibility index (Phi) is 4.20. The Morgan fingerprint density at radius 2 is 2.21 bits per heavy atom. The van der Waals surface area contributed by atoms with Crippen molar-refractivity contribution in [2.75, 3.05) is 26.3 Å². The van der Waals surface area contributed by atoms with Gasteiger partial charge in [-0.25, -0.2) is 4.39 Å². The van der Waals surface area contributed by atoms with Crippen LogP contribution in [0.25, 0.3) is 0 Å². The standard InChI is InChI=1S/C15H20FNO2/c1-3-19-10-14(18)17-9-8-15(16,11-17)13-7-5-4-6-12(13)2/h4-7H,3,8-11H2,1-2H3/t15-/m0/s1. The molecule has 1 amide bonds. The van der Waals surface area contributed by atoms with Crippen molar-refractivity contribution in [3.05, 3.63) is 35.4 Å². The van der Waals surface area contributed by atoms with Gasteiger partial charge in [-0.3, -0.25) is 4.79 Å². The zero-order valence-corrected chi connectivity index (χ0v) is 11.5. The molecule has 2 rings (SSSR count). The van der Waals surface area contributed by atoms with Gasteiger partial charge in [-0.05, 0) is 25.0 Å². The lowest BCUT2D eigenvalue weighted by molar-refractivity contribution is -0.135. The fourth-order valence-electron chi connectivity index (χ4n) is 2.56. The normalized spacial score (nSPS) is 22.8. The SMILES string of the molecule is CCOCC(=O)N1CC[C@@](F)(c2ccccc2C)C1. The lowest BCUT2D eigenvalue weighted by atomic mass is 9.91. The summed E-state index contributed by atoms with van der Waals surface area (Å²) < 4.78 is 20.1. The summed E-state index contributed by atoms with van der Waals surface area (Å²) in [6.07, 6.45) is 0.357. The molecular weight excluding hydrogens is 245 g/mol. The van der Waals surface area contributed by atoms with Crippen LogP contribution in [0, 0.1) is 6.92 Å². The monoisotopic (exact) mass is 265 g/mol. The van der Waals surface area contributed by atoms with Crippen LogP contribution in [0.3, 0.4) is 0 Å². The molecule has 19 heavy (non-hydrogen) atoms. The number of rotatable bonds is 4. The topological polar surface area (TPSA) is 29.5 Å². The van der Waals surface area contributed by atoms with Crippen LogP contribution in [-0.2, 0) is 15.2 Å². The van der Waals surface area contributed by atoms with E-state index in [0.29, 0.717) is 25.1 Å². The van der Waals surface area contributed by atoms with Crippen LogP contribution < -0.4 is 0 Å². The minimum absolute atomic E-state index is 0.0420. The van der Waals surface area contributed by atoms with Gasteiger partial charge in [0, 0.05) is 19.6 Å². The van der Waals surface area contributed by atoms with Gasteiger partial charge in [0.05, 0.1) is 6.54 Å². The van der Waals surface area contributed by atoms with Crippen molar-refractivity contribution in [2.45, 2.75) is 25.9 Å². The zero-order valence-electron chi connectivity index (χ0n) is 11.5. The summed E-state index contributed by atoms with van der Waals surface area (Å²) in [4.78, 5) is 13.4. The van der Waals surface area contributed by atoms with E-state index in [-0.39, 0.29) is 19.1 Å².